The van der Waals surface area contributed by atoms with Gasteiger partial charge in [0.2, 0.25) is 11.4 Å². The third-order valence-electron chi connectivity index (χ3n) is 2.64. The normalized spacial score (nSPS) is 20.3. The van der Waals surface area contributed by atoms with Gasteiger partial charge in [-0.1, -0.05) is 0 Å². The van der Waals surface area contributed by atoms with E-state index in [0.717, 1.165) is 12.8 Å². The van der Waals surface area contributed by atoms with Crippen molar-refractivity contribution in [1.29, 1.82) is 0 Å². The Morgan fingerprint density at radius 1 is 1.41 bits per heavy atom. The molecular formula is C9H12N4O4. The zero-order valence-corrected chi connectivity index (χ0v) is 9.00. The van der Waals surface area contributed by atoms with Gasteiger partial charge in [-0.2, -0.15) is 0 Å². The molecule has 92 valence electrons. The zero-order chi connectivity index (χ0) is 12.4. The second-order valence-electron chi connectivity index (χ2n) is 3.92. The second-order valence-corrected chi connectivity index (χ2v) is 3.92. The first-order valence-corrected chi connectivity index (χ1v) is 5.20. The van der Waals surface area contributed by atoms with E-state index in [-0.39, 0.29) is 11.7 Å². The summed E-state index contributed by atoms with van der Waals surface area (Å²) in [5, 5.41) is 15.3. The Bertz CT molecular complexity index is 444. The van der Waals surface area contributed by atoms with Crippen LogP contribution in [0, 0.1) is 0 Å². The van der Waals surface area contributed by atoms with Crippen molar-refractivity contribution in [1.82, 2.24) is 15.2 Å². The molecule has 2 rings (SSSR count). The molecule has 0 aliphatic carbocycles. The van der Waals surface area contributed by atoms with E-state index in [1.54, 1.807) is 0 Å². The molecular weight excluding hydrogens is 228 g/mol. The molecule has 1 aliphatic heterocycles. The Balaban J connectivity index is 2.18. The lowest BCUT2D eigenvalue weighted by atomic mass is 10.1. The molecule has 17 heavy (non-hydrogen) atoms. The number of nitrogens with zero attached hydrogens (tertiary/aromatic N) is 3. The Morgan fingerprint density at radius 3 is 2.76 bits per heavy atom. The molecule has 1 aromatic rings. The highest BCUT2D eigenvalue weighted by Gasteiger charge is 2.29. The van der Waals surface area contributed by atoms with Gasteiger partial charge in [-0.15, -0.1) is 0 Å². The molecule has 0 saturated carbocycles. The first kappa shape index (κ1) is 11.5. The van der Waals surface area contributed by atoms with Crippen molar-refractivity contribution in [2.45, 2.75) is 18.9 Å². The van der Waals surface area contributed by atoms with Gasteiger partial charge in [-0.05, 0) is 23.2 Å². The van der Waals surface area contributed by atoms with Crippen molar-refractivity contribution in [3.63, 3.8) is 0 Å². The molecule has 1 aromatic heterocycles. The summed E-state index contributed by atoms with van der Waals surface area (Å²) in [6.45, 7) is 0.934. The van der Waals surface area contributed by atoms with Gasteiger partial charge in [0.1, 0.15) is 0 Å². The van der Waals surface area contributed by atoms with Gasteiger partial charge in [-0.25, -0.2) is 9.42 Å². The number of hydrogen-bond acceptors (Lipinski definition) is 6. The third kappa shape index (κ3) is 2.26. The van der Waals surface area contributed by atoms with Crippen molar-refractivity contribution in [3.8, 4) is 0 Å². The van der Waals surface area contributed by atoms with Gasteiger partial charge in [0.05, 0.1) is 0 Å². The number of nitrogens with two attached hydrogens (primary N) is 1. The number of aromatic nitrogens is 2. The number of aromatic carboxylic acids is 1. The van der Waals surface area contributed by atoms with Gasteiger partial charge in [0, 0.05) is 19.1 Å². The summed E-state index contributed by atoms with van der Waals surface area (Å²) in [5.41, 5.74) is 5.01. The summed E-state index contributed by atoms with van der Waals surface area (Å²) in [5.74, 6) is -1.84. The summed E-state index contributed by atoms with van der Waals surface area (Å²) in [4.78, 5) is 24.2. The van der Waals surface area contributed by atoms with Crippen LogP contribution in [-0.2, 0) is 0 Å². The number of carboxylic acids is 1. The van der Waals surface area contributed by atoms with E-state index >= 15 is 0 Å². The zero-order valence-electron chi connectivity index (χ0n) is 9.00. The minimum Gasteiger partial charge on any atom is -0.476 e. The van der Waals surface area contributed by atoms with Gasteiger partial charge >= 0.3 is 5.97 Å². The van der Waals surface area contributed by atoms with Crippen molar-refractivity contribution in [3.05, 3.63) is 11.4 Å². The molecule has 1 amide bonds. The molecule has 0 radical (unpaired) electrons. The average molecular weight is 240 g/mol. The van der Waals surface area contributed by atoms with Crippen LogP contribution >= 0.6 is 0 Å². The molecule has 3 N–H and O–H groups in total. The quantitative estimate of drug-likeness (QED) is 0.702. The number of hydrogen-bond donors (Lipinski definition) is 2. The lowest BCUT2D eigenvalue weighted by molar-refractivity contribution is 0.0654. The molecule has 0 aromatic carbocycles. The number of carboxylic acid groups (broad SMARTS) is 1. The number of piperidine rings is 1. The lowest BCUT2D eigenvalue weighted by Gasteiger charge is -2.29. The van der Waals surface area contributed by atoms with E-state index in [1.807, 2.05) is 0 Å². The van der Waals surface area contributed by atoms with Gasteiger partial charge in [-0.3, -0.25) is 4.79 Å². The van der Waals surface area contributed by atoms with Crippen molar-refractivity contribution in [2.24, 2.45) is 5.73 Å². The average Bonchev–Trinajstić information content (AvgIpc) is 2.77. The summed E-state index contributed by atoms with van der Waals surface area (Å²) < 4.78 is 4.29. The summed E-state index contributed by atoms with van der Waals surface area (Å²) in [7, 11) is 0. The highest BCUT2D eigenvalue weighted by Crippen LogP contribution is 2.13. The highest BCUT2D eigenvalue weighted by molar-refractivity contribution is 6.01. The smallest absolute Gasteiger partial charge is 0.360 e. The monoisotopic (exact) mass is 240 g/mol. The minimum atomic E-state index is -1.34. The van der Waals surface area contributed by atoms with Crippen LogP contribution < -0.4 is 5.73 Å². The highest BCUT2D eigenvalue weighted by atomic mass is 16.6. The van der Waals surface area contributed by atoms with Crippen LogP contribution in [0.1, 0.15) is 33.8 Å². The fourth-order valence-corrected chi connectivity index (χ4v) is 1.81. The molecule has 0 bridgehead atoms. The van der Waals surface area contributed by atoms with E-state index < -0.39 is 17.6 Å². The summed E-state index contributed by atoms with van der Waals surface area (Å²) in [6.07, 6.45) is 1.65. The third-order valence-corrected chi connectivity index (χ3v) is 2.64. The molecule has 1 saturated heterocycles. The van der Waals surface area contributed by atoms with E-state index in [2.05, 4.69) is 14.9 Å². The number of likely N-dealkylation sites (tertiary alicyclic amines) is 1. The van der Waals surface area contributed by atoms with E-state index in [1.165, 1.54) is 4.90 Å². The van der Waals surface area contributed by atoms with Crippen LogP contribution in [0.4, 0.5) is 0 Å². The van der Waals surface area contributed by atoms with Crippen LogP contribution in [0.5, 0.6) is 0 Å². The Morgan fingerprint density at radius 2 is 2.12 bits per heavy atom. The standard InChI is InChI=1S/C9H12N4O4/c10-5-2-1-3-13(4-5)8(14)6-7(9(15)16)12-17-11-6/h5H,1-4,10H2,(H,15,16). The molecule has 8 heteroatoms. The Kier molecular flexibility index (Phi) is 3.05. The van der Waals surface area contributed by atoms with E-state index in [0.29, 0.717) is 13.1 Å². The number of amides is 1. The largest absolute Gasteiger partial charge is 0.476 e. The molecule has 8 nitrogen and oxygen atoms in total. The minimum absolute atomic E-state index is 0.0826. The van der Waals surface area contributed by atoms with Crippen molar-refractivity contribution in [2.75, 3.05) is 13.1 Å². The van der Waals surface area contributed by atoms with Crippen LogP contribution in [0.15, 0.2) is 4.63 Å². The topological polar surface area (TPSA) is 123 Å². The fourth-order valence-electron chi connectivity index (χ4n) is 1.81. The maximum absolute atomic E-state index is 12.0. The van der Waals surface area contributed by atoms with Crippen LogP contribution in [0.25, 0.3) is 0 Å². The summed E-state index contributed by atoms with van der Waals surface area (Å²) >= 11 is 0. The van der Waals surface area contributed by atoms with Crippen LogP contribution in [-0.4, -0.2) is 51.3 Å². The maximum Gasteiger partial charge on any atom is 0.360 e. The molecule has 1 aliphatic rings. The predicted octanol–water partition coefficient (Wildman–Crippen LogP) is -0.669. The SMILES string of the molecule is NC1CCCN(C(=O)c2nonc2C(=O)O)C1. The predicted molar refractivity (Wildman–Crippen MR) is 54.4 cm³/mol. The molecule has 1 atom stereocenters. The first-order valence-electron chi connectivity index (χ1n) is 5.20. The Hall–Kier alpha value is -1.96. The van der Waals surface area contributed by atoms with Gasteiger partial charge in [0.15, 0.2) is 0 Å². The van der Waals surface area contributed by atoms with E-state index in [9.17, 15) is 9.59 Å². The van der Waals surface area contributed by atoms with Crippen molar-refractivity contribution < 1.29 is 19.3 Å². The Labute approximate surface area is 96.3 Å². The molecule has 1 fully saturated rings. The molecule has 1 unspecified atom stereocenters. The first-order chi connectivity index (χ1) is 8.09. The van der Waals surface area contributed by atoms with Gasteiger partial charge in [0.25, 0.3) is 5.91 Å². The van der Waals surface area contributed by atoms with Gasteiger partial charge < -0.3 is 15.7 Å². The van der Waals surface area contributed by atoms with Crippen molar-refractivity contribution >= 4 is 11.9 Å². The number of carbonyl (C=O) groups is 2. The second kappa shape index (κ2) is 4.50. The molecule has 0 spiro atoms. The maximum atomic E-state index is 12.0. The number of rotatable bonds is 2. The van der Waals surface area contributed by atoms with E-state index in [4.69, 9.17) is 10.8 Å². The van der Waals surface area contributed by atoms with Crippen LogP contribution in [0.2, 0.25) is 0 Å². The molecule has 2 heterocycles. The fraction of sp³-hybridized carbons (Fsp3) is 0.556. The number of carbonyl (C=O) groups excluding carboxylic acids is 1. The summed E-state index contributed by atoms with van der Waals surface area (Å²) in [6, 6.07) is -0.0826. The lowest BCUT2D eigenvalue weighted by Crippen LogP contribution is -2.46. The van der Waals surface area contributed by atoms with Crippen LogP contribution in [0.3, 0.4) is 0 Å².